The van der Waals surface area contributed by atoms with Crippen LogP contribution in [0.1, 0.15) is 12.7 Å². The van der Waals surface area contributed by atoms with E-state index in [0.717, 1.165) is 0 Å². The average molecular weight is 275 g/mol. The summed E-state index contributed by atoms with van der Waals surface area (Å²) in [4.78, 5) is 8.33. The SMILES string of the molecule is CCOCc1nc(N)cc(Oc2cccc(OC)c2)n1. The molecule has 0 saturated carbocycles. The van der Waals surface area contributed by atoms with Crippen LogP contribution in [-0.2, 0) is 11.3 Å². The molecule has 0 aliphatic carbocycles. The molecule has 0 amide bonds. The molecule has 6 heteroatoms. The number of aromatic nitrogens is 2. The monoisotopic (exact) mass is 275 g/mol. The number of nitrogens with zero attached hydrogens (tertiary/aromatic N) is 2. The van der Waals surface area contributed by atoms with Crippen molar-refractivity contribution >= 4 is 5.82 Å². The van der Waals surface area contributed by atoms with Crippen LogP contribution in [0.5, 0.6) is 17.4 Å². The first-order valence-corrected chi connectivity index (χ1v) is 6.24. The second-order valence-corrected chi connectivity index (χ2v) is 3.97. The Morgan fingerprint density at radius 2 is 1.95 bits per heavy atom. The Kier molecular flexibility index (Phi) is 4.73. The summed E-state index contributed by atoms with van der Waals surface area (Å²) in [5, 5.41) is 0. The number of ether oxygens (including phenoxy) is 3. The zero-order valence-corrected chi connectivity index (χ0v) is 11.5. The molecule has 0 saturated heterocycles. The molecule has 0 aliphatic rings. The van der Waals surface area contributed by atoms with E-state index >= 15 is 0 Å². The summed E-state index contributed by atoms with van der Waals surface area (Å²) in [6, 6.07) is 8.81. The van der Waals surface area contributed by atoms with Crippen molar-refractivity contribution in [3.63, 3.8) is 0 Å². The van der Waals surface area contributed by atoms with Crippen LogP contribution >= 0.6 is 0 Å². The molecule has 0 unspecified atom stereocenters. The third kappa shape index (κ3) is 3.83. The normalized spacial score (nSPS) is 10.3. The average Bonchev–Trinajstić information content (AvgIpc) is 2.44. The molecule has 2 N–H and O–H groups in total. The van der Waals surface area contributed by atoms with Gasteiger partial charge in [-0.25, -0.2) is 4.98 Å². The van der Waals surface area contributed by atoms with E-state index in [4.69, 9.17) is 19.9 Å². The molecule has 0 bridgehead atoms. The van der Waals surface area contributed by atoms with Crippen LogP contribution in [0.15, 0.2) is 30.3 Å². The largest absolute Gasteiger partial charge is 0.497 e. The third-order valence-corrected chi connectivity index (χ3v) is 2.47. The van der Waals surface area contributed by atoms with Gasteiger partial charge in [0.15, 0.2) is 5.82 Å². The highest BCUT2D eigenvalue weighted by atomic mass is 16.5. The molecular formula is C14H17N3O3. The number of anilines is 1. The van der Waals surface area contributed by atoms with Gasteiger partial charge in [-0.1, -0.05) is 6.07 Å². The zero-order chi connectivity index (χ0) is 14.4. The minimum absolute atomic E-state index is 0.302. The number of hydrogen-bond acceptors (Lipinski definition) is 6. The molecule has 0 fully saturated rings. The second-order valence-electron chi connectivity index (χ2n) is 3.97. The van der Waals surface area contributed by atoms with Crippen LogP contribution < -0.4 is 15.2 Å². The highest BCUT2D eigenvalue weighted by Gasteiger charge is 2.06. The van der Waals surface area contributed by atoms with Crippen molar-refractivity contribution in [2.24, 2.45) is 0 Å². The molecule has 1 heterocycles. The smallest absolute Gasteiger partial charge is 0.224 e. The third-order valence-electron chi connectivity index (χ3n) is 2.47. The molecule has 1 aromatic heterocycles. The standard InChI is InChI=1S/C14H17N3O3/c1-3-19-9-13-16-12(15)8-14(17-13)20-11-6-4-5-10(7-11)18-2/h4-8H,3,9H2,1-2H3,(H2,15,16,17). The fourth-order valence-electron chi connectivity index (χ4n) is 1.59. The van der Waals surface area contributed by atoms with E-state index in [1.807, 2.05) is 25.1 Å². The molecule has 0 spiro atoms. The summed E-state index contributed by atoms with van der Waals surface area (Å²) in [5.41, 5.74) is 5.73. The predicted octanol–water partition coefficient (Wildman–Crippen LogP) is 2.40. The zero-order valence-electron chi connectivity index (χ0n) is 11.5. The number of methoxy groups -OCH3 is 1. The number of nitrogen functional groups attached to an aromatic ring is 1. The summed E-state index contributed by atoms with van der Waals surface area (Å²) >= 11 is 0. The van der Waals surface area contributed by atoms with Crippen molar-refractivity contribution in [2.45, 2.75) is 13.5 Å². The Morgan fingerprint density at radius 1 is 1.15 bits per heavy atom. The van der Waals surface area contributed by atoms with Gasteiger partial charge in [-0.3, -0.25) is 0 Å². The van der Waals surface area contributed by atoms with Gasteiger partial charge in [0, 0.05) is 18.7 Å². The van der Waals surface area contributed by atoms with Gasteiger partial charge < -0.3 is 19.9 Å². The Hall–Kier alpha value is -2.34. The van der Waals surface area contributed by atoms with Crippen LogP contribution in [0.2, 0.25) is 0 Å². The van der Waals surface area contributed by atoms with Crippen LogP contribution in [0.25, 0.3) is 0 Å². The van der Waals surface area contributed by atoms with Crippen LogP contribution in [0, 0.1) is 0 Å². The molecule has 2 aromatic rings. The number of rotatable bonds is 6. The lowest BCUT2D eigenvalue weighted by atomic mass is 10.3. The van der Waals surface area contributed by atoms with Crippen LogP contribution in [0.3, 0.4) is 0 Å². The first-order valence-electron chi connectivity index (χ1n) is 6.24. The summed E-state index contributed by atoms with van der Waals surface area (Å²) in [6.07, 6.45) is 0. The molecule has 2 rings (SSSR count). The molecule has 6 nitrogen and oxygen atoms in total. The molecule has 1 aromatic carbocycles. The highest BCUT2D eigenvalue weighted by molar-refractivity contribution is 5.38. The molecule has 20 heavy (non-hydrogen) atoms. The number of hydrogen-bond donors (Lipinski definition) is 1. The Labute approximate surface area is 117 Å². The van der Waals surface area contributed by atoms with Gasteiger partial charge in [0.2, 0.25) is 5.88 Å². The topological polar surface area (TPSA) is 79.5 Å². The quantitative estimate of drug-likeness (QED) is 0.872. The summed E-state index contributed by atoms with van der Waals surface area (Å²) in [7, 11) is 1.60. The van der Waals surface area contributed by atoms with E-state index in [9.17, 15) is 0 Å². The predicted molar refractivity (Wildman–Crippen MR) is 74.8 cm³/mol. The van der Waals surface area contributed by atoms with Crippen molar-refractivity contribution in [1.29, 1.82) is 0 Å². The Balaban J connectivity index is 2.17. The van der Waals surface area contributed by atoms with E-state index in [-0.39, 0.29) is 0 Å². The van der Waals surface area contributed by atoms with Gasteiger partial charge in [0.05, 0.1) is 7.11 Å². The number of benzene rings is 1. The minimum atomic E-state index is 0.302. The fourth-order valence-corrected chi connectivity index (χ4v) is 1.59. The lowest BCUT2D eigenvalue weighted by molar-refractivity contribution is 0.128. The molecule has 106 valence electrons. The second kappa shape index (κ2) is 6.72. The van der Waals surface area contributed by atoms with E-state index in [1.54, 1.807) is 19.2 Å². The molecule has 0 radical (unpaired) electrons. The maximum absolute atomic E-state index is 5.73. The molecular weight excluding hydrogens is 258 g/mol. The first kappa shape index (κ1) is 14.1. The van der Waals surface area contributed by atoms with Crippen LogP contribution in [0.4, 0.5) is 5.82 Å². The van der Waals surface area contributed by atoms with Crippen LogP contribution in [-0.4, -0.2) is 23.7 Å². The van der Waals surface area contributed by atoms with E-state index in [2.05, 4.69) is 9.97 Å². The maximum Gasteiger partial charge on any atom is 0.224 e. The first-order chi connectivity index (χ1) is 9.71. The van der Waals surface area contributed by atoms with Gasteiger partial charge in [0.25, 0.3) is 0 Å². The van der Waals surface area contributed by atoms with Gasteiger partial charge in [-0.2, -0.15) is 4.98 Å². The summed E-state index contributed by atoms with van der Waals surface area (Å²) < 4.78 is 16.1. The van der Waals surface area contributed by atoms with Crippen molar-refractivity contribution < 1.29 is 14.2 Å². The van der Waals surface area contributed by atoms with Crippen molar-refractivity contribution in [3.05, 3.63) is 36.2 Å². The fraction of sp³-hybridized carbons (Fsp3) is 0.286. The lowest BCUT2D eigenvalue weighted by Gasteiger charge is -2.08. The van der Waals surface area contributed by atoms with Gasteiger partial charge in [-0.05, 0) is 19.1 Å². The van der Waals surface area contributed by atoms with Crippen molar-refractivity contribution in [2.75, 3.05) is 19.5 Å². The van der Waals surface area contributed by atoms with Gasteiger partial charge >= 0.3 is 0 Å². The van der Waals surface area contributed by atoms with E-state index in [1.165, 1.54) is 0 Å². The van der Waals surface area contributed by atoms with E-state index < -0.39 is 0 Å². The van der Waals surface area contributed by atoms with Crippen molar-refractivity contribution in [3.8, 4) is 17.4 Å². The maximum atomic E-state index is 5.73. The van der Waals surface area contributed by atoms with E-state index in [0.29, 0.717) is 42.2 Å². The lowest BCUT2D eigenvalue weighted by Crippen LogP contribution is -2.03. The molecule has 0 aliphatic heterocycles. The molecule has 0 atom stereocenters. The van der Waals surface area contributed by atoms with Gasteiger partial charge in [0.1, 0.15) is 23.9 Å². The van der Waals surface area contributed by atoms with Crippen molar-refractivity contribution in [1.82, 2.24) is 9.97 Å². The van der Waals surface area contributed by atoms with Gasteiger partial charge in [-0.15, -0.1) is 0 Å². The summed E-state index contributed by atoms with van der Waals surface area (Å²) in [6.45, 7) is 2.79. The minimum Gasteiger partial charge on any atom is -0.497 e. The highest BCUT2D eigenvalue weighted by Crippen LogP contribution is 2.24. The Bertz CT molecular complexity index is 575. The Morgan fingerprint density at radius 3 is 2.70 bits per heavy atom. The number of nitrogens with two attached hydrogens (primary N) is 1. The summed E-state index contributed by atoms with van der Waals surface area (Å²) in [5.74, 6) is 2.53.